The summed E-state index contributed by atoms with van der Waals surface area (Å²) in [4.78, 5) is 16.1. The number of thiophene rings is 1. The first-order valence-corrected chi connectivity index (χ1v) is 7.25. The Balaban J connectivity index is 1.89. The molecule has 1 N–H and O–H groups in total. The molecular weight excluding hydrogens is 286 g/mol. The number of nitrogens with zero attached hydrogens (tertiary/aromatic N) is 1. The van der Waals surface area contributed by atoms with Gasteiger partial charge in [-0.05, 0) is 48.2 Å². The summed E-state index contributed by atoms with van der Waals surface area (Å²) in [5, 5.41) is 10.0. The summed E-state index contributed by atoms with van der Waals surface area (Å²) in [5.74, 6) is -0.184. The minimum atomic E-state index is -0.907. The number of aryl methyl sites for hydroxylation is 1. The zero-order chi connectivity index (χ0) is 14.8. The fraction of sp³-hybridized carbons (Fsp3) is 0.125. The molecule has 2 heterocycles. The van der Waals surface area contributed by atoms with E-state index in [2.05, 4.69) is 4.98 Å². The molecule has 0 saturated heterocycles. The van der Waals surface area contributed by atoms with Crippen LogP contribution in [-0.4, -0.2) is 16.1 Å². The average Bonchev–Trinajstić information content (AvgIpc) is 2.82. The van der Waals surface area contributed by atoms with E-state index in [0.717, 1.165) is 26.3 Å². The van der Waals surface area contributed by atoms with Gasteiger partial charge in [0, 0.05) is 15.8 Å². The van der Waals surface area contributed by atoms with Crippen LogP contribution in [0.2, 0.25) is 0 Å². The highest BCUT2D eigenvalue weighted by atomic mass is 32.1. The van der Waals surface area contributed by atoms with Gasteiger partial charge in [-0.1, -0.05) is 0 Å². The standard InChI is InChI=1S/C16H13NO3S/c1-10-13-7-11(16(18)19)4-5-14(13)21-15(10)9-20-12-3-2-6-17-8-12/h2-8H,9H2,1H3,(H,18,19). The van der Waals surface area contributed by atoms with Gasteiger partial charge < -0.3 is 9.84 Å². The van der Waals surface area contributed by atoms with E-state index in [-0.39, 0.29) is 0 Å². The normalized spacial score (nSPS) is 10.7. The molecule has 0 aliphatic carbocycles. The number of benzene rings is 1. The first-order valence-electron chi connectivity index (χ1n) is 6.43. The molecule has 0 radical (unpaired) electrons. The first kappa shape index (κ1) is 13.6. The largest absolute Gasteiger partial charge is 0.486 e. The maximum absolute atomic E-state index is 11.0. The summed E-state index contributed by atoms with van der Waals surface area (Å²) in [6.07, 6.45) is 3.37. The number of fused-ring (bicyclic) bond motifs is 1. The van der Waals surface area contributed by atoms with E-state index >= 15 is 0 Å². The number of hydrogen-bond acceptors (Lipinski definition) is 4. The molecule has 1 aromatic carbocycles. The van der Waals surface area contributed by atoms with Crippen LogP contribution < -0.4 is 4.74 Å². The van der Waals surface area contributed by atoms with Crippen LogP contribution in [0.15, 0.2) is 42.7 Å². The van der Waals surface area contributed by atoms with Crippen LogP contribution in [0.25, 0.3) is 10.1 Å². The monoisotopic (exact) mass is 299 g/mol. The van der Waals surface area contributed by atoms with Crippen molar-refractivity contribution in [3.63, 3.8) is 0 Å². The van der Waals surface area contributed by atoms with Gasteiger partial charge in [0.2, 0.25) is 0 Å². The molecule has 0 atom stereocenters. The number of pyridine rings is 1. The molecule has 3 rings (SSSR count). The van der Waals surface area contributed by atoms with Gasteiger partial charge in [0.25, 0.3) is 0 Å². The Morgan fingerprint density at radius 3 is 2.95 bits per heavy atom. The Bertz CT molecular complexity index is 796. The summed E-state index contributed by atoms with van der Waals surface area (Å²) in [6.45, 7) is 2.45. The van der Waals surface area contributed by atoms with E-state index in [4.69, 9.17) is 9.84 Å². The summed E-state index contributed by atoms with van der Waals surface area (Å²) in [6, 6.07) is 8.89. The van der Waals surface area contributed by atoms with E-state index < -0.39 is 5.97 Å². The van der Waals surface area contributed by atoms with Gasteiger partial charge in [0.15, 0.2) is 0 Å². The fourth-order valence-corrected chi connectivity index (χ4v) is 3.23. The number of carboxylic acid groups (broad SMARTS) is 1. The van der Waals surface area contributed by atoms with Gasteiger partial charge in [-0.2, -0.15) is 0 Å². The van der Waals surface area contributed by atoms with Crippen LogP contribution in [0.1, 0.15) is 20.8 Å². The minimum absolute atomic E-state index is 0.308. The van der Waals surface area contributed by atoms with Crippen LogP contribution in [0.5, 0.6) is 5.75 Å². The number of aromatic nitrogens is 1. The van der Waals surface area contributed by atoms with E-state index in [0.29, 0.717) is 12.2 Å². The number of carbonyl (C=O) groups is 1. The van der Waals surface area contributed by atoms with Crippen molar-refractivity contribution >= 4 is 27.4 Å². The van der Waals surface area contributed by atoms with Crippen LogP contribution in [-0.2, 0) is 6.61 Å². The highest BCUT2D eigenvalue weighted by Crippen LogP contribution is 2.32. The Labute approximate surface area is 125 Å². The fourth-order valence-electron chi connectivity index (χ4n) is 2.12. The zero-order valence-corrected chi connectivity index (χ0v) is 12.2. The van der Waals surface area contributed by atoms with Crippen molar-refractivity contribution in [2.75, 3.05) is 0 Å². The molecule has 0 saturated carbocycles. The number of rotatable bonds is 4. The van der Waals surface area contributed by atoms with Crippen molar-refractivity contribution in [3.8, 4) is 5.75 Å². The molecule has 0 amide bonds. The summed E-state index contributed by atoms with van der Waals surface area (Å²) in [7, 11) is 0. The van der Waals surface area contributed by atoms with Crippen molar-refractivity contribution in [2.24, 2.45) is 0 Å². The van der Waals surface area contributed by atoms with Gasteiger partial charge in [-0.15, -0.1) is 11.3 Å². The highest BCUT2D eigenvalue weighted by Gasteiger charge is 2.12. The number of carboxylic acids is 1. The second kappa shape index (κ2) is 5.54. The van der Waals surface area contributed by atoms with Gasteiger partial charge in [-0.3, -0.25) is 4.98 Å². The third-order valence-electron chi connectivity index (χ3n) is 3.29. The van der Waals surface area contributed by atoms with Crippen molar-refractivity contribution in [1.29, 1.82) is 0 Å². The predicted octanol–water partition coefficient (Wildman–Crippen LogP) is 3.88. The molecule has 0 bridgehead atoms. The first-order chi connectivity index (χ1) is 10.1. The lowest BCUT2D eigenvalue weighted by molar-refractivity contribution is 0.0697. The lowest BCUT2D eigenvalue weighted by Crippen LogP contribution is -1.95. The van der Waals surface area contributed by atoms with Crippen LogP contribution in [0.3, 0.4) is 0 Å². The van der Waals surface area contributed by atoms with Gasteiger partial charge in [0.1, 0.15) is 12.4 Å². The lowest BCUT2D eigenvalue weighted by atomic mass is 10.1. The van der Waals surface area contributed by atoms with E-state index in [1.54, 1.807) is 35.9 Å². The Hall–Kier alpha value is -2.40. The minimum Gasteiger partial charge on any atom is -0.486 e. The van der Waals surface area contributed by atoms with E-state index in [1.807, 2.05) is 25.1 Å². The maximum Gasteiger partial charge on any atom is 0.335 e. The molecule has 21 heavy (non-hydrogen) atoms. The van der Waals surface area contributed by atoms with Crippen molar-refractivity contribution in [2.45, 2.75) is 13.5 Å². The lowest BCUT2D eigenvalue weighted by Gasteiger charge is -2.04. The Morgan fingerprint density at radius 2 is 2.24 bits per heavy atom. The SMILES string of the molecule is Cc1c(COc2cccnc2)sc2ccc(C(=O)O)cc12. The Kier molecular flexibility index (Phi) is 3.58. The molecule has 4 nitrogen and oxygen atoms in total. The van der Waals surface area contributed by atoms with Gasteiger partial charge in [0.05, 0.1) is 11.8 Å². The predicted molar refractivity (Wildman–Crippen MR) is 82.1 cm³/mol. The summed E-state index contributed by atoms with van der Waals surface area (Å²) >= 11 is 1.63. The second-order valence-electron chi connectivity index (χ2n) is 4.64. The molecule has 0 aliphatic rings. The van der Waals surface area contributed by atoms with Crippen LogP contribution in [0.4, 0.5) is 0 Å². The molecule has 106 valence electrons. The third kappa shape index (κ3) is 2.73. The third-order valence-corrected chi connectivity index (χ3v) is 4.53. The molecule has 3 aromatic rings. The van der Waals surface area contributed by atoms with Crippen LogP contribution >= 0.6 is 11.3 Å². The van der Waals surface area contributed by atoms with Crippen molar-refractivity contribution in [1.82, 2.24) is 4.98 Å². The maximum atomic E-state index is 11.0. The quantitative estimate of drug-likeness (QED) is 0.794. The van der Waals surface area contributed by atoms with Crippen molar-refractivity contribution in [3.05, 3.63) is 58.7 Å². The number of aromatic carboxylic acids is 1. The van der Waals surface area contributed by atoms with E-state index in [9.17, 15) is 4.79 Å². The van der Waals surface area contributed by atoms with Crippen LogP contribution in [0, 0.1) is 6.92 Å². The highest BCUT2D eigenvalue weighted by molar-refractivity contribution is 7.19. The van der Waals surface area contributed by atoms with E-state index in [1.165, 1.54) is 0 Å². The Morgan fingerprint density at radius 1 is 1.38 bits per heavy atom. The topological polar surface area (TPSA) is 59.4 Å². The van der Waals surface area contributed by atoms with Gasteiger partial charge in [-0.25, -0.2) is 4.79 Å². The second-order valence-corrected chi connectivity index (χ2v) is 5.78. The molecule has 2 aromatic heterocycles. The molecule has 0 unspecified atom stereocenters. The number of ether oxygens (including phenoxy) is 1. The molecule has 0 spiro atoms. The average molecular weight is 299 g/mol. The number of hydrogen-bond donors (Lipinski definition) is 1. The molecule has 5 heteroatoms. The zero-order valence-electron chi connectivity index (χ0n) is 11.4. The summed E-state index contributed by atoms with van der Waals surface area (Å²) < 4.78 is 6.78. The molecule has 0 fully saturated rings. The van der Waals surface area contributed by atoms with Gasteiger partial charge >= 0.3 is 5.97 Å². The molecule has 0 aliphatic heterocycles. The van der Waals surface area contributed by atoms with Crippen molar-refractivity contribution < 1.29 is 14.6 Å². The summed E-state index contributed by atoms with van der Waals surface area (Å²) in [5.41, 5.74) is 1.38. The smallest absolute Gasteiger partial charge is 0.335 e. The molecular formula is C16H13NO3S.